The van der Waals surface area contributed by atoms with Gasteiger partial charge in [-0.2, -0.15) is 0 Å². The summed E-state index contributed by atoms with van der Waals surface area (Å²) < 4.78 is 5.49. The SMILES string of the molecule is OB(O)c1cncc(OCc2ccc(Cl)cc2)c1. The third kappa shape index (κ3) is 3.47. The second-order valence-electron chi connectivity index (χ2n) is 3.74. The maximum Gasteiger partial charge on any atom is 0.490 e. The fourth-order valence-electron chi connectivity index (χ4n) is 1.40. The van der Waals surface area contributed by atoms with E-state index in [1.807, 2.05) is 12.1 Å². The van der Waals surface area contributed by atoms with E-state index in [4.69, 9.17) is 26.4 Å². The van der Waals surface area contributed by atoms with Crippen LogP contribution >= 0.6 is 11.6 Å². The summed E-state index contributed by atoms with van der Waals surface area (Å²) in [7, 11) is -1.54. The summed E-state index contributed by atoms with van der Waals surface area (Å²) in [5, 5.41) is 18.7. The maximum absolute atomic E-state index is 9.01. The number of pyridine rings is 1. The van der Waals surface area contributed by atoms with Gasteiger partial charge in [0.15, 0.2) is 0 Å². The monoisotopic (exact) mass is 263 g/mol. The lowest BCUT2D eigenvalue weighted by atomic mass is 9.82. The number of halogens is 1. The van der Waals surface area contributed by atoms with Gasteiger partial charge in [-0.25, -0.2) is 0 Å². The summed E-state index contributed by atoms with van der Waals surface area (Å²) in [6.45, 7) is 0.365. The Bertz CT molecular complexity index is 519. The minimum absolute atomic E-state index is 0.295. The van der Waals surface area contributed by atoms with E-state index in [2.05, 4.69) is 4.98 Å². The maximum atomic E-state index is 9.01. The van der Waals surface area contributed by atoms with Crippen molar-refractivity contribution in [2.45, 2.75) is 6.61 Å². The molecule has 0 bridgehead atoms. The molecule has 2 rings (SSSR count). The molecule has 1 aromatic carbocycles. The lowest BCUT2D eigenvalue weighted by Gasteiger charge is -2.07. The van der Waals surface area contributed by atoms with Crippen LogP contribution in [-0.2, 0) is 6.61 Å². The third-order valence-corrected chi connectivity index (χ3v) is 2.60. The molecule has 6 heteroatoms. The van der Waals surface area contributed by atoms with E-state index in [1.54, 1.807) is 12.1 Å². The Balaban J connectivity index is 2.01. The smallest absolute Gasteiger partial charge is 0.487 e. The normalized spacial score (nSPS) is 10.2. The second kappa shape index (κ2) is 5.86. The zero-order valence-corrected chi connectivity index (χ0v) is 10.2. The number of ether oxygens (including phenoxy) is 1. The summed E-state index contributed by atoms with van der Waals surface area (Å²) in [6, 6.07) is 8.83. The number of rotatable bonds is 4. The molecule has 0 aliphatic heterocycles. The summed E-state index contributed by atoms with van der Waals surface area (Å²) in [6.07, 6.45) is 2.89. The van der Waals surface area contributed by atoms with Crippen LogP contribution in [0.4, 0.5) is 0 Å². The molecule has 0 aliphatic carbocycles. The zero-order chi connectivity index (χ0) is 13.0. The molecule has 0 spiro atoms. The van der Waals surface area contributed by atoms with Gasteiger partial charge >= 0.3 is 7.12 Å². The van der Waals surface area contributed by atoms with Crippen molar-refractivity contribution >= 4 is 24.2 Å². The number of hydrogen-bond donors (Lipinski definition) is 2. The first kappa shape index (κ1) is 12.9. The first-order valence-corrected chi connectivity index (χ1v) is 5.71. The van der Waals surface area contributed by atoms with E-state index in [-0.39, 0.29) is 0 Å². The van der Waals surface area contributed by atoms with Gasteiger partial charge in [0, 0.05) is 16.7 Å². The molecule has 18 heavy (non-hydrogen) atoms. The quantitative estimate of drug-likeness (QED) is 0.808. The molecule has 0 saturated heterocycles. The lowest BCUT2D eigenvalue weighted by molar-refractivity contribution is 0.305. The average Bonchev–Trinajstić information content (AvgIpc) is 2.38. The standard InChI is InChI=1S/C12H11BClNO3/c14-11-3-1-9(2-4-11)8-18-12-5-10(13(16)17)6-15-7-12/h1-7,16-17H,8H2. The van der Waals surface area contributed by atoms with Crippen LogP contribution in [0.25, 0.3) is 0 Å². The van der Waals surface area contributed by atoms with Crippen LogP contribution < -0.4 is 10.2 Å². The van der Waals surface area contributed by atoms with Crippen molar-refractivity contribution in [3.05, 3.63) is 53.3 Å². The van der Waals surface area contributed by atoms with Crippen LogP contribution in [0.15, 0.2) is 42.7 Å². The molecule has 0 atom stereocenters. The number of benzene rings is 1. The van der Waals surface area contributed by atoms with E-state index in [0.29, 0.717) is 22.8 Å². The molecule has 0 saturated carbocycles. The predicted octanol–water partition coefficient (Wildman–Crippen LogP) is 0.994. The molecule has 1 heterocycles. The fraction of sp³-hybridized carbons (Fsp3) is 0.0833. The highest BCUT2D eigenvalue weighted by Crippen LogP contribution is 2.12. The van der Waals surface area contributed by atoms with Gasteiger partial charge in [-0.15, -0.1) is 0 Å². The molecule has 0 unspecified atom stereocenters. The Morgan fingerprint density at radius 1 is 1.17 bits per heavy atom. The summed E-state index contributed by atoms with van der Waals surface area (Å²) in [5.74, 6) is 0.482. The van der Waals surface area contributed by atoms with Gasteiger partial charge in [0.1, 0.15) is 12.4 Å². The molecule has 1 aromatic heterocycles. The first-order valence-electron chi connectivity index (χ1n) is 5.33. The van der Waals surface area contributed by atoms with Gasteiger partial charge < -0.3 is 14.8 Å². The fourth-order valence-corrected chi connectivity index (χ4v) is 1.53. The van der Waals surface area contributed by atoms with Crippen molar-refractivity contribution in [3.8, 4) is 5.75 Å². The molecule has 0 aliphatic rings. The molecule has 92 valence electrons. The van der Waals surface area contributed by atoms with Crippen molar-refractivity contribution in [3.63, 3.8) is 0 Å². The summed E-state index contributed by atoms with van der Waals surface area (Å²) >= 11 is 5.78. The Morgan fingerprint density at radius 3 is 2.56 bits per heavy atom. The van der Waals surface area contributed by atoms with Gasteiger partial charge in [-0.05, 0) is 23.8 Å². The Hall–Kier alpha value is -1.56. The number of nitrogens with zero attached hydrogens (tertiary/aromatic N) is 1. The Kier molecular flexibility index (Phi) is 4.20. The average molecular weight is 263 g/mol. The van der Waals surface area contributed by atoms with Crippen LogP contribution in [0, 0.1) is 0 Å². The van der Waals surface area contributed by atoms with Crippen LogP contribution in [0.1, 0.15) is 5.56 Å². The van der Waals surface area contributed by atoms with E-state index in [0.717, 1.165) is 5.56 Å². The Morgan fingerprint density at radius 2 is 1.89 bits per heavy atom. The highest BCUT2D eigenvalue weighted by atomic mass is 35.5. The number of aromatic nitrogens is 1. The lowest BCUT2D eigenvalue weighted by Crippen LogP contribution is -2.30. The van der Waals surface area contributed by atoms with E-state index in [1.165, 1.54) is 18.5 Å². The van der Waals surface area contributed by atoms with Gasteiger partial charge in [-0.1, -0.05) is 23.7 Å². The summed E-state index contributed by atoms with van der Waals surface area (Å²) in [4.78, 5) is 3.87. The van der Waals surface area contributed by atoms with Gasteiger partial charge in [-0.3, -0.25) is 4.98 Å². The highest BCUT2D eigenvalue weighted by Gasteiger charge is 2.11. The van der Waals surface area contributed by atoms with Gasteiger partial charge in [0.05, 0.1) is 6.20 Å². The van der Waals surface area contributed by atoms with E-state index in [9.17, 15) is 0 Å². The van der Waals surface area contributed by atoms with Crippen LogP contribution in [0.3, 0.4) is 0 Å². The largest absolute Gasteiger partial charge is 0.490 e. The predicted molar refractivity (Wildman–Crippen MR) is 69.8 cm³/mol. The molecule has 0 radical (unpaired) electrons. The second-order valence-corrected chi connectivity index (χ2v) is 4.18. The first-order chi connectivity index (χ1) is 8.65. The zero-order valence-electron chi connectivity index (χ0n) is 9.45. The minimum Gasteiger partial charge on any atom is -0.487 e. The summed E-state index contributed by atoms with van der Waals surface area (Å²) in [5.41, 5.74) is 1.26. The molecule has 0 amide bonds. The molecular formula is C12H11BClNO3. The molecular weight excluding hydrogens is 252 g/mol. The van der Waals surface area contributed by atoms with E-state index >= 15 is 0 Å². The van der Waals surface area contributed by atoms with Crippen LogP contribution in [-0.4, -0.2) is 22.2 Å². The van der Waals surface area contributed by atoms with E-state index < -0.39 is 7.12 Å². The topological polar surface area (TPSA) is 62.6 Å². The van der Waals surface area contributed by atoms with Crippen molar-refractivity contribution in [2.75, 3.05) is 0 Å². The van der Waals surface area contributed by atoms with Gasteiger partial charge in [0.2, 0.25) is 0 Å². The third-order valence-electron chi connectivity index (χ3n) is 2.35. The van der Waals surface area contributed by atoms with Crippen molar-refractivity contribution in [1.29, 1.82) is 0 Å². The van der Waals surface area contributed by atoms with Crippen LogP contribution in [0.5, 0.6) is 5.75 Å². The van der Waals surface area contributed by atoms with Crippen molar-refractivity contribution in [2.24, 2.45) is 0 Å². The molecule has 2 N–H and O–H groups in total. The number of hydrogen-bond acceptors (Lipinski definition) is 4. The van der Waals surface area contributed by atoms with Crippen LogP contribution in [0.2, 0.25) is 5.02 Å². The highest BCUT2D eigenvalue weighted by molar-refractivity contribution is 6.58. The Labute approximate surface area is 110 Å². The van der Waals surface area contributed by atoms with Gasteiger partial charge in [0.25, 0.3) is 0 Å². The molecule has 4 nitrogen and oxygen atoms in total. The molecule has 2 aromatic rings. The van der Waals surface area contributed by atoms with Crippen molar-refractivity contribution in [1.82, 2.24) is 4.98 Å². The molecule has 0 fully saturated rings. The van der Waals surface area contributed by atoms with Crippen molar-refractivity contribution < 1.29 is 14.8 Å². The minimum atomic E-state index is -1.54.